The third-order valence-corrected chi connectivity index (χ3v) is 3.99. The molecule has 2 aromatic carbocycles. The van der Waals surface area contributed by atoms with Gasteiger partial charge >= 0.3 is 0 Å². The van der Waals surface area contributed by atoms with Crippen molar-refractivity contribution >= 4 is 39.1 Å². The average Bonchev–Trinajstić information content (AvgIpc) is 2.46. The Bertz CT molecular complexity index is 616. The Kier molecular flexibility index (Phi) is 5.65. The molecule has 0 amide bonds. The SMILES string of the molecule is N=C(N)CCN(Cc1ccc(Br)cc1Cl)c1ccccc1. The second-order valence-corrected chi connectivity index (χ2v) is 6.09. The minimum absolute atomic E-state index is 0.192. The predicted molar refractivity (Wildman–Crippen MR) is 93.2 cm³/mol. The fraction of sp³-hybridized carbons (Fsp3) is 0.188. The van der Waals surface area contributed by atoms with Gasteiger partial charge in [0.1, 0.15) is 0 Å². The number of benzene rings is 2. The fourth-order valence-electron chi connectivity index (χ4n) is 2.05. The molecule has 0 saturated carbocycles. The summed E-state index contributed by atoms with van der Waals surface area (Å²) in [6.45, 7) is 1.37. The second kappa shape index (κ2) is 7.48. The van der Waals surface area contributed by atoms with Gasteiger partial charge in [0.15, 0.2) is 0 Å². The first-order valence-electron chi connectivity index (χ1n) is 6.63. The van der Waals surface area contributed by atoms with E-state index in [4.69, 9.17) is 22.7 Å². The van der Waals surface area contributed by atoms with Gasteiger partial charge in [-0.15, -0.1) is 0 Å². The molecule has 21 heavy (non-hydrogen) atoms. The van der Waals surface area contributed by atoms with E-state index in [9.17, 15) is 0 Å². The Morgan fingerprint density at radius 1 is 1.19 bits per heavy atom. The molecule has 0 radical (unpaired) electrons. The maximum atomic E-state index is 7.42. The Morgan fingerprint density at radius 3 is 2.52 bits per heavy atom. The molecule has 0 aliphatic rings. The van der Waals surface area contributed by atoms with E-state index < -0.39 is 0 Å². The largest absolute Gasteiger partial charge is 0.388 e. The highest BCUT2D eigenvalue weighted by Gasteiger charge is 2.10. The van der Waals surface area contributed by atoms with Crippen molar-refractivity contribution < 1.29 is 0 Å². The van der Waals surface area contributed by atoms with Crippen LogP contribution in [0.25, 0.3) is 0 Å². The van der Waals surface area contributed by atoms with Crippen molar-refractivity contribution in [3.05, 3.63) is 63.6 Å². The molecule has 2 aromatic rings. The van der Waals surface area contributed by atoms with E-state index in [2.05, 4.69) is 20.8 Å². The number of nitrogens with zero attached hydrogens (tertiary/aromatic N) is 1. The van der Waals surface area contributed by atoms with Crippen LogP contribution >= 0.6 is 27.5 Å². The number of nitrogens with one attached hydrogen (secondary N) is 1. The van der Waals surface area contributed by atoms with Crippen LogP contribution in [0.2, 0.25) is 5.02 Å². The number of nitrogens with two attached hydrogens (primary N) is 1. The van der Waals surface area contributed by atoms with E-state index in [-0.39, 0.29) is 5.84 Å². The summed E-state index contributed by atoms with van der Waals surface area (Å²) in [7, 11) is 0. The lowest BCUT2D eigenvalue weighted by atomic mass is 10.2. The number of hydrogen-bond donors (Lipinski definition) is 2. The molecule has 0 heterocycles. The first-order chi connectivity index (χ1) is 10.1. The van der Waals surface area contributed by atoms with Crippen LogP contribution < -0.4 is 10.6 Å². The minimum Gasteiger partial charge on any atom is -0.388 e. The third-order valence-electron chi connectivity index (χ3n) is 3.15. The number of hydrogen-bond acceptors (Lipinski definition) is 2. The van der Waals surface area contributed by atoms with Crippen LogP contribution in [0, 0.1) is 5.41 Å². The van der Waals surface area contributed by atoms with Crippen LogP contribution in [0.4, 0.5) is 5.69 Å². The third kappa shape index (κ3) is 4.76. The topological polar surface area (TPSA) is 53.1 Å². The summed E-state index contributed by atoms with van der Waals surface area (Å²) in [4.78, 5) is 2.18. The maximum Gasteiger partial charge on any atom is 0.0923 e. The van der Waals surface area contributed by atoms with Crippen LogP contribution in [0.5, 0.6) is 0 Å². The second-order valence-electron chi connectivity index (χ2n) is 4.77. The molecule has 0 bridgehead atoms. The fourth-order valence-corrected chi connectivity index (χ4v) is 2.78. The van der Waals surface area contributed by atoms with Gasteiger partial charge in [0, 0.05) is 34.7 Å². The van der Waals surface area contributed by atoms with Crippen LogP contribution in [0.15, 0.2) is 53.0 Å². The highest BCUT2D eigenvalue weighted by molar-refractivity contribution is 9.10. The highest BCUT2D eigenvalue weighted by Crippen LogP contribution is 2.25. The smallest absolute Gasteiger partial charge is 0.0923 e. The molecule has 0 saturated heterocycles. The molecule has 5 heteroatoms. The summed E-state index contributed by atoms with van der Waals surface area (Å²) in [6, 6.07) is 16.0. The Hall–Kier alpha value is -1.52. The summed E-state index contributed by atoms with van der Waals surface area (Å²) in [5.74, 6) is 0.192. The van der Waals surface area contributed by atoms with Crippen LogP contribution in [-0.2, 0) is 6.54 Å². The van der Waals surface area contributed by atoms with Crippen LogP contribution in [0.3, 0.4) is 0 Å². The molecule has 110 valence electrons. The quantitative estimate of drug-likeness (QED) is 0.587. The normalized spacial score (nSPS) is 10.4. The Balaban J connectivity index is 2.21. The monoisotopic (exact) mass is 365 g/mol. The van der Waals surface area contributed by atoms with Gasteiger partial charge < -0.3 is 10.6 Å². The zero-order valence-corrected chi connectivity index (χ0v) is 13.9. The lowest BCUT2D eigenvalue weighted by Crippen LogP contribution is -2.27. The van der Waals surface area contributed by atoms with E-state index in [1.165, 1.54) is 0 Å². The molecule has 0 aliphatic carbocycles. The summed E-state index contributed by atoms with van der Waals surface area (Å²) in [5.41, 5.74) is 7.63. The molecular formula is C16H17BrClN3. The van der Waals surface area contributed by atoms with Gasteiger partial charge in [-0.05, 0) is 29.8 Å². The summed E-state index contributed by atoms with van der Waals surface area (Å²) in [6.07, 6.45) is 0.531. The lowest BCUT2D eigenvalue weighted by Gasteiger charge is -2.25. The summed E-state index contributed by atoms with van der Waals surface area (Å²) >= 11 is 9.71. The van der Waals surface area contributed by atoms with E-state index >= 15 is 0 Å². The van der Waals surface area contributed by atoms with Crippen molar-refractivity contribution in [2.75, 3.05) is 11.4 Å². The first kappa shape index (κ1) is 15.9. The molecule has 0 fully saturated rings. The van der Waals surface area contributed by atoms with Crippen LogP contribution in [-0.4, -0.2) is 12.4 Å². The highest BCUT2D eigenvalue weighted by atomic mass is 79.9. The summed E-state index contributed by atoms with van der Waals surface area (Å²) < 4.78 is 0.964. The number of amidine groups is 1. The number of anilines is 1. The minimum atomic E-state index is 0.192. The van der Waals surface area contributed by atoms with Crippen molar-refractivity contribution in [2.24, 2.45) is 5.73 Å². The zero-order chi connectivity index (χ0) is 15.2. The molecule has 0 spiro atoms. The van der Waals surface area contributed by atoms with Crippen molar-refractivity contribution in [1.82, 2.24) is 0 Å². The molecule has 0 unspecified atom stereocenters. The zero-order valence-electron chi connectivity index (χ0n) is 11.5. The van der Waals surface area contributed by atoms with E-state index in [0.717, 1.165) is 20.7 Å². The van der Waals surface area contributed by atoms with E-state index in [0.29, 0.717) is 19.5 Å². The standard InChI is InChI=1S/C16H17BrClN3/c17-13-7-6-12(15(18)10-13)11-21(9-8-16(19)20)14-4-2-1-3-5-14/h1-7,10H,8-9,11H2,(H3,19,20). The van der Waals surface area contributed by atoms with Crippen molar-refractivity contribution in [3.8, 4) is 0 Å². The van der Waals surface area contributed by atoms with Gasteiger partial charge in [-0.25, -0.2) is 0 Å². The number of halogens is 2. The molecule has 3 N–H and O–H groups in total. The number of para-hydroxylation sites is 1. The van der Waals surface area contributed by atoms with E-state index in [1.54, 1.807) is 0 Å². The molecule has 0 aliphatic heterocycles. The maximum absolute atomic E-state index is 7.42. The Labute approximate surface area is 138 Å². The van der Waals surface area contributed by atoms with E-state index in [1.807, 2.05) is 48.5 Å². The van der Waals surface area contributed by atoms with Crippen LogP contribution in [0.1, 0.15) is 12.0 Å². The molecule has 0 aromatic heterocycles. The van der Waals surface area contributed by atoms with Crippen molar-refractivity contribution in [2.45, 2.75) is 13.0 Å². The van der Waals surface area contributed by atoms with Gasteiger partial charge in [0.25, 0.3) is 0 Å². The predicted octanol–water partition coefficient (Wildman–Crippen LogP) is 4.44. The molecular weight excluding hydrogens is 350 g/mol. The number of rotatable bonds is 6. The van der Waals surface area contributed by atoms with Gasteiger partial charge in [-0.3, -0.25) is 5.41 Å². The molecule has 3 nitrogen and oxygen atoms in total. The van der Waals surface area contributed by atoms with Crippen molar-refractivity contribution in [1.29, 1.82) is 5.41 Å². The van der Waals surface area contributed by atoms with Gasteiger partial charge in [-0.1, -0.05) is 51.8 Å². The van der Waals surface area contributed by atoms with Crippen molar-refractivity contribution in [3.63, 3.8) is 0 Å². The average molecular weight is 367 g/mol. The van der Waals surface area contributed by atoms with Gasteiger partial charge in [-0.2, -0.15) is 0 Å². The Morgan fingerprint density at radius 2 is 1.90 bits per heavy atom. The van der Waals surface area contributed by atoms with Gasteiger partial charge in [0.05, 0.1) is 5.84 Å². The first-order valence-corrected chi connectivity index (χ1v) is 7.80. The summed E-state index contributed by atoms with van der Waals surface area (Å²) in [5, 5.41) is 8.15. The molecule has 0 atom stereocenters. The lowest BCUT2D eigenvalue weighted by molar-refractivity contribution is 0.802. The molecule has 2 rings (SSSR count). The van der Waals surface area contributed by atoms with Gasteiger partial charge in [0.2, 0.25) is 0 Å².